The third kappa shape index (κ3) is 3.55. The van der Waals surface area contributed by atoms with Crippen LogP contribution in [0.4, 0.5) is 5.69 Å². The second-order valence-corrected chi connectivity index (χ2v) is 6.10. The first-order valence-corrected chi connectivity index (χ1v) is 8.11. The number of anilines is 1. The van der Waals surface area contributed by atoms with E-state index in [2.05, 4.69) is 10.3 Å². The van der Waals surface area contributed by atoms with Crippen LogP contribution < -0.4 is 5.32 Å². The number of amides is 1. The molecule has 25 heavy (non-hydrogen) atoms. The van der Waals surface area contributed by atoms with Crippen molar-refractivity contribution in [3.05, 3.63) is 65.4 Å². The SMILES string of the molecule is Cc1ccc(NC(=O)[C@@H](C)OC(=O)c2c[nH]c3ccccc23)c(C)c1. The largest absolute Gasteiger partial charge is 0.449 e. The summed E-state index contributed by atoms with van der Waals surface area (Å²) in [6.07, 6.45) is 0.698. The van der Waals surface area contributed by atoms with E-state index in [1.165, 1.54) is 0 Å². The van der Waals surface area contributed by atoms with E-state index in [1.807, 2.05) is 56.3 Å². The van der Waals surface area contributed by atoms with Crippen molar-refractivity contribution in [3.8, 4) is 0 Å². The van der Waals surface area contributed by atoms with Gasteiger partial charge in [-0.1, -0.05) is 35.9 Å². The smallest absolute Gasteiger partial charge is 0.341 e. The van der Waals surface area contributed by atoms with Crippen molar-refractivity contribution in [3.63, 3.8) is 0 Å². The number of aryl methyl sites for hydroxylation is 2. The lowest BCUT2D eigenvalue weighted by Crippen LogP contribution is -2.30. The van der Waals surface area contributed by atoms with Gasteiger partial charge in [-0.05, 0) is 38.5 Å². The molecule has 128 valence electrons. The van der Waals surface area contributed by atoms with Crippen LogP contribution in [0.25, 0.3) is 10.9 Å². The number of aromatic amines is 1. The van der Waals surface area contributed by atoms with Gasteiger partial charge in [0, 0.05) is 22.8 Å². The quantitative estimate of drug-likeness (QED) is 0.708. The number of fused-ring (bicyclic) bond motifs is 1. The molecule has 0 aliphatic heterocycles. The van der Waals surface area contributed by atoms with E-state index in [0.717, 1.165) is 22.0 Å². The molecule has 3 aromatic rings. The zero-order valence-electron chi connectivity index (χ0n) is 14.4. The summed E-state index contributed by atoms with van der Waals surface area (Å²) in [6.45, 7) is 5.47. The van der Waals surface area contributed by atoms with Crippen molar-refractivity contribution in [2.45, 2.75) is 26.9 Å². The molecular weight excluding hydrogens is 316 g/mol. The van der Waals surface area contributed by atoms with Gasteiger partial charge in [-0.3, -0.25) is 4.79 Å². The van der Waals surface area contributed by atoms with E-state index in [9.17, 15) is 9.59 Å². The van der Waals surface area contributed by atoms with Crippen LogP contribution in [0.15, 0.2) is 48.7 Å². The van der Waals surface area contributed by atoms with Crippen molar-refractivity contribution >= 4 is 28.5 Å². The van der Waals surface area contributed by atoms with Gasteiger partial charge >= 0.3 is 5.97 Å². The molecule has 0 radical (unpaired) electrons. The Bertz CT molecular complexity index is 943. The predicted octanol–water partition coefficient (Wildman–Crippen LogP) is 3.97. The summed E-state index contributed by atoms with van der Waals surface area (Å²) < 4.78 is 5.33. The molecular formula is C20H20N2O3. The zero-order chi connectivity index (χ0) is 18.0. The van der Waals surface area contributed by atoms with Crippen molar-refractivity contribution in [2.24, 2.45) is 0 Å². The van der Waals surface area contributed by atoms with Gasteiger partial charge in [0.2, 0.25) is 0 Å². The number of esters is 1. The lowest BCUT2D eigenvalue weighted by molar-refractivity contribution is -0.123. The monoisotopic (exact) mass is 336 g/mol. The summed E-state index contributed by atoms with van der Waals surface area (Å²) in [7, 11) is 0. The number of benzene rings is 2. The molecule has 0 fully saturated rings. The number of carbonyl (C=O) groups excluding carboxylic acids is 2. The molecule has 0 saturated heterocycles. The van der Waals surface area contributed by atoms with Gasteiger partial charge in [0.15, 0.2) is 6.10 Å². The molecule has 5 heteroatoms. The van der Waals surface area contributed by atoms with Gasteiger partial charge < -0.3 is 15.0 Å². The number of carbonyl (C=O) groups is 2. The van der Waals surface area contributed by atoms with Crippen molar-refractivity contribution in [2.75, 3.05) is 5.32 Å². The van der Waals surface area contributed by atoms with E-state index in [-0.39, 0.29) is 5.91 Å². The lowest BCUT2D eigenvalue weighted by atomic mass is 10.1. The second kappa shape index (κ2) is 6.81. The highest BCUT2D eigenvalue weighted by Gasteiger charge is 2.21. The van der Waals surface area contributed by atoms with Crippen molar-refractivity contribution in [1.29, 1.82) is 0 Å². The van der Waals surface area contributed by atoms with Crippen molar-refractivity contribution in [1.82, 2.24) is 4.98 Å². The Morgan fingerprint density at radius 3 is 2.64 bits per heavy atom. The molecule has 0 unspecified atom stereocenters. The van der Waals surface area contributed by atoms with Gasteiger partial charge in [0.1, 0.15) is 0 Å². The number of aromatic nitrogens is 1. The fraction of sp³-hybridized carbons (Fsp3) is 0.200. The van der Waals surface area contributed by atoms with Crippen LogP contribution in [-0.2, 0) is 9.53 Å². The van der Waals surface area contributed by atoms with Crippen LogP contribution in [0.3, 0.4) is 0 Å². The second-order valence-electron chi connectivity index (χ2n) is 6.10. The van der Waals surface area contributed by atoms with E-state index in [4.69, 9.17) is 4.74 Å². The molecule has 1 aromatic heterocycles. The Morgan fingerprint density at radius 1 is 1.12 bits per heavy atom. The topological polar surface area (TPSA) is 71.2 Å². The van der Waals surface area contributed by atoms with Gasteiger partial charge in [0.25, 0.3) is 5.91 Å². The van der Waals surface area contributed by atoms with Gasteiger partial charge in [-0.25, -0.2) is 4.79 Å². The maximum Gasteiger partial charge on any atom is 0.341 e. The predicted molar refractivity (Wildman–Crippen MR) is 97.7 cm³/mol. The molecule has 1 atom stereocenters. The highest BCUT2D eigenvalue weighted by Crippen LogP contribution is 2.20. The van der Waals surface area contributed by atoms with Gasteiger partial charge in [0.05, 0.1) is 5.56 Å². The van der Waals surface area contributed by atoms with Crippen LogP contribution >= 0.6 is 0 Å². The minimum Gasteiger partial charge on any atom is -0.449 e. The maximum absolute atomic E-state index is 12.4. The minimum atomic E-state index is -0.901. The van der Waals surface area contributed by atoms with Gasteiger partial charge in [-0.2, -0.15) is 0 Å². The molecule has 0 aliphatic rings. The van der Waals surface area contributed by atoms with E-state index >= 15 is 0 Å². The van der Waals surface area contributed by atoms with Crippen molar-refractivity contribution < 1.29 is 14.3 Å². The minimum absolute atomic E-state index is 0.361. The normalized spacial score (nSPS) is 12.0. The summed E-state index contributed by atoms with van der Waals surface area (Å²) >= 11 is 0. The molecule has 1 heterocycles. The Balaban J connectivity index is 1.69. The standard InChI is InChI=1S/C20H20N2O3/c1-12-8-9-17(13(2)10-12)22-19(23)14(3)25-20(24)16-11-21-18-7-5-4-6-15(16)18/h4-11,14,21H,1-3H3,(H,22,23)/t14-/m1/s1. The highest BCUT2D eigenvalue weighted by atomic mass is 16.5. The average Bonchev–Trinajstić information content (AvgIpc) is 3.01. The average molecular weight is 336 g/mol. The zero-order valence-corrected chi connectivity index (χ0v) is 14.4. The third-order valence-corrected chi connectivity index (χ3v) is 4.10. The van der Waals surface area contributed by atoms with E-state index in [0.29, 0.717) is 11.3 Å². The molecule has 2 N–H and O–H groups in total. The summed E-state index contributed by atoms with van der Waals surface area (Å²) in [4.78, 5) is 27.7. The first-order valence-electron chi connectivity index (χ1n) is 8.11. The lowest BCUT2D eigenvalue weighted by Gasteiger charge is -2.15. The number of para-hydroxylation sites is 1. The fourth-order valence-electron chi connectivity index (χ4n) is 2.71. The number of nitrogens with one attached hydrogen (secondary N) is 2. The summed E-state index contributed by atoms with van der Waals surface area (Å²) in [6, 6.07) is 13.2. The Morgan fingerprint density at radius 2 is 1.88 bits per heavy atom. The Hall–Kier alpha value is -3.08. The third-order valence-electron chi connectivity index (χ3n) is 4.10. The number of hydrogen-bond acceptors (Lipinski definition) is 3. The number of hydrogen-bond donors (Lipinski definition) is 2. The van der Waals surface area contributed by atoms with E-state index < -0.39 is 12.1 Å². The van der Waals surface area contributed by atoms with E-state index in [1.54, 1.807) is 13.1 Å². The first kappa shape index (κ1) is 16.8. The van der Waals surface area contributed by atoms with Gasteiger partial charge in [-0.15, -0.1) is 0 Å². The molecule has 0 saturated carbocycles. The number of H-pyrrole nitrogens is 1. The molecule has 5 nitrogen and oxygen atoms in total. The molecule has 3 rings (SSSR count). The van der Waals surface area contributed by atoms with Crippen LogP contribution in [0.1, 0.15) is 28.4 Å². The number of rotatable bonds is 4. The Kier molecular flexibility index (Phi) is 4.57. The maximum atomic E-state index is 12.4. The van der Waals surface area contributed by atoms with Crippen LogP contribution in [-0.4, -0.2) is 23.0 Å². The molecule has 0 spiro atoms. The summed E-state index contributed by atoms with van der Waals surface area (Å²) in [5.41, 5.74) is 4.06. The number of ether oxygens (including phenoxy) is 1. The van der Waals surface area contributed by atoms with Crippen LogP contribution in [0.2, 0.25) is 0 Å². The highest BCUT2D eigenvalue weighted by molar-refractivity contribution is 6.05. The summed E-state index contributed by atoms with van der Waals surface area (Å²) in [5, 5.41) is 3.57. The molecule has 0 bridgehead atoms. The summed E-state index contributed by atoms with van der Waals surface area (Å²) in [5.74, 6) is -0.888. The molecule has 2 aromatic carbocycles. The Labute approximate surface area is 146 Å². The van der Waals surface area contributed by atoms with Crippen LogP contribution in [0, 0.1) is 13.8 Å². The first-order chi connectivity index (χ1) is 12.0. The fourth-order valence-corrected chi connectivity index (χ4v) is 2.71. The van der Waals surface area contributed by atoms with Crippen LogP contribution in [0.5, 0.6) is 0 Å². The molecule has 1 amide bonds. The molecule has 0 aliphatic carbocycles.